The molecule has 5 rings (SSSR count). The largest absolute Gasteiger partial charge is 0.493 e. The molecule has 0 aromatic heterocycles. The highest BCUT2D eigenvalue weighted by molar-refractivity contribution is 7.61. The van der Waals surface area contributed by atoms with Crippen LogP contribution in [0.1, 0.15) is 62.4 Å². The van der Waals surface area contributed by atoms with Crippen molar-refractivity contribution in [3.05, 3.63) is 114 Å². The van der Waals surface area contributed by atoms with Crippen molar-refractivity contribution in [1.82, 2.24) is 10.6 Å². The molecule has 0 radical (unpaired) electrons. The fourth-order valence-corrected chi connectivity index (χ4v) is 5.02. The Labute approximate surface area is 243 Å². The molecule has 8 heteroatoms. The fourth-order valence-electron chi connectivity index (χ4n) is 4.62. The number of carbonyl (C=O) groups excluding carboxylic acids is 1. The Bertz CT molecular complexity index is 1520. The van der Waals surface area contributed by atoms with Crippen LogP contribution in [0, 0.1) is 0 Å². The van der Waals surface area contributed by atoms with E-state index >= 15 is 0 Å². The molecule has 0 spiro atoms. The summed E-state index contributed by atoms with van der Waals surface area (Å²) in [7, 11) is -2.60. The highest BCUT2D eigenvalue weighted by Crippen LogP contribution is 2.33. The minimum Gasteiger partial charge on any atom is -0.493 e. The van der Waals surface area contributed by atoms with Crippen LogP contribution in [0.2, 0.25) is 0 Å². The summed E-state index contributed by atoms with van der Waals surface area (Å²) in [4.78, 5) is 12.7. The number of ether oxygens (including phenoxy) is 1. The van der Waals surface area contributed by atoms with Gasteiger partial charge >= 0.3 is 10.5 Å². The number of nitrogens with zero attached hydrogens (tertiary/aromatic N) is 1. The molecule has 0 saturated heterocycles. The van der Waals surface area contributed by atoms with E-state index in [0.29, 0.717) is 18.6 Å². The lowest BCUT2D eigenvalue weighted by atomic mass is 9.97. The first-order valence-corrected chi connectivity index (χ1v) is 14.8. The first-order chi connectivity index (χ1) is 19.7. The zero-order valence-corrected chi connectivity index (χ0v) is 24.5. The van der Waals surface area contributed by atoms with Gasteiger partial charge in [0.25, 0.3) is 0 Å². The number of hydrogen-bond acceptors (Lipinski definition) is 6. The fraction of sp³-hybridized carbons (Fsp3) is 0.303. The summed E-state index contributed by atoms with van der Waals surface area (Å²) in [5, 5.41) is 9.10. The summed E-state index contributed by atoms with van der Waals surface area (Å²) in [6, 6.07) is 30.8. The van der Waals surface area contributed by atoms with E-state index < -0.39 is 16.5 Å². The highest BCUT2D eigenvalue weighted by Gasteiger charge is 2.25. The topological polar surface area (TPSA) is 96.9 Å². The van der Waals surface area contributed by atoms with Gasteiger partial charge in [-0.05, 0) is 48.7 Å². The standard InChI is InChI=1S/C23H29N3O4S.C10H8/c1-23(2,3)24-15-16-9-10-18-19(11-12-30-21(18)13-16)25-22(27)14-20(26-31(28)29)17-7-5-4-6-8-17;1-2-6-10-8-4-3-7-9(10)5-1/h4-10,13,19-20,24H,11-12,14-15H2,1-3H3,(H,25,27);1-8H. The molecule has 2 atom stereocenters. The van der Waals surface area contributed by atoms with Crippen LogP contribution in [0.25, 0.3) is 10.8 Å². The monoisotopic (exact) mass is 571 g/mol. The predicted molar refractivity (Wildman–Crippen MR) is 163 cm³/mol. The first kappa shape index (κ1) is 30.0. The van der Waals surface area contributed by atoms with E-state index in [-0.39, 0.29) is 23.9 Å². The third-order valence-corrected chi connectivity index (χ3v) is 7.14. The van der Waals surface area contributed by atoms with Crippen molar-refractivity contribution in [2.75, 3.05) is 6.61 Å². The third kappa shape index (κ3) is 9.27. The van der Waals surface area contributed by atoms with Gasteiger partial charge in [0.05, 0.1) is 19.1 Å². The summed E-state index contributed by atoms with van der Waals surface area (Å²) < 4.78 is 31.8. The normalized spacial score (nSPS) is 15.0. The van der Waals surface area contributed by atoms with Crippen LogP contribution in [0.5, 0.6) is 5.75 Å². The van der Waals surface area contributed by atoms with Crippen molar-refractivity contribution in [3.63, 3.8) is 0 Å². The maximum atomic E-state index is 12.7. The van der Waals surface area contributed by atoms with Gasteiger partial charge in [-0.1, -0.05) is 91.0 Å². The zero-order valence-electron chi connectivity index (χ0n) is 23.7. The van der Waals surface area contributed by atoms with E-state index in [1.807, 2.05) is 24.3 Å². The zero-order chi connectivity index (χ0) is 29.2. The molecule has 0 fully saturated rings. The smallest absolute Gasteiger partial charge is 0.311 e. The van der Waals surface area contributed by atoms with Crippen LogP contribution in [-0.4, -0.2) is 26.5 Å². The molecule has 7 nitrogen and oxygen atoms in total. The maximum absolute atomic E-state index is 12.7. The summed E-state index contributed by atoms with van der Waals surface area (Å²) in [6.07, 6.45) is 0.608. The molecule has 1 aliphatic heterocycles. The summed E-state index contributed by atoms with van der Waals surface area (Å²) in [5.74, 6) is 0.522. The lowest BCUT2D eigenvalue weighted by Crippen LogP contribution is -2.35. The molecule has 4 aromatic carbocycles. The van der Waals surface area contributed by atoms with E-state index in [1.54, 1.807) is 24.3 Å². The van der Waals surface area contributed by atoms with Crippen LogP contribution < -0.4 is 15.4 Å². The van der Waals surface area contributed by atoms with Gasteiger partial charge in [-0.25, -0.2) is 0 Å². The molecule has 214 valence electrons. The van der Waals surface area contributed by atoms with Gasteiger partial charge in [0.15, 0.2) is 0 Å². The second-order valence-corrected chi connectivity index (χ2v) is 11.7. The van der Waals surface area contributed by atoms with Crippen molar-refractivity contribution in [2.24, 2.45) is 4.36 Å². The number of benzene rings is 4. The van der Waals surface area contributed by atoms with Gasteiger partial charge in [-0.3, -0.25) is 4.79 Å². The number of amides is 1. The third-order valence-electron chi connectivity index (χ3n) is 6.71. The quantitative estimate of drug-likeness (QED) is 0.262. The average molecular weight is 572 g/mol. The molecule has 2 N–H and O–H groups in total. The van der Waals surface area contributed by atoms with Crippen LogP contribution in [0.15, 0.2) is 101 Å². The summed E-state index contributed by atoms with van der Waals surface area (Å²) in [5.41, 5.74) is 2.74. The molecule has 1 aliphatic rings. The second-order valence-electron chi connectivity index (χ2n) is 11.0. The minimum atomic E-state index is -2.60. The molecule has 4 aromatic rings. The van der Waals surface area contributed by atoms with Gasteiger partial charge in [0.1, 0.15) is 11.8 Å². The van der Waals surface area contributed by atoms with E-state index in [9.17, 15) is 13.2 Å². The summed E-state index contributed by atoms with van der Waals surface area (Å²) in [6.45, 7) is 7.58. The van der Waals surface area contributed by atoms with Crippen molar-refractivity contribution in [3.8, 4) is 5.75 Å². The van der Waals surface area contributed by atoms with E-state index in [0.717, 1.165) is 23.4 Å². The highest BCUT2D eigenvalue weighted by atomic mass is 32.2. The number of hydrogen-bond donors (Lipinski definition) is 2. The van der Waals surface area contributed by atoms with Crippen LogP contribution in [-0.2, 0) is 21.8 Å². The van der Waals surface area contributed by atoms with Gasteiger partial charge < -0.3 is 15.4 Å². The Morgan fingerprint density at radius 3 is 2.12 bits per heavy atom. The minimum absolute atomic E-state index is 0.0153. The molecule has 0 aliphatic carbocycles. The van der Waals surface area contributed by atoms with E-state index in [4.69, 9.17) is 4.74 Å². The van der Waals surface area contributed by atoms with Crippen LogP contribution in [0.3, 0.4) is 0 Å². The van der Waals surface area contributed by atoms with Crippen LogP contribution in [0.4, 0.5) is 0 Å². The Kier molecular flexibility index (Phi) is 10.3. The Balaban J connectivity index is 0.000000322. The van der Waals surface area contributed by atoms with Gasteiger partial charge in [0, 0.05) is 24.1 Å². The van der Waals surface area contributed by atoms with Crippen molar-refractivity contribution >= 4 is 27.2 Å². The molecule has 41 heavy (non-hydrogen) atoms. The molecule has 1 amide bonds. The number of nitrogens with one attached hydrogen (secondary N) is 2. The molecular weight excluding hydrogens is 534 g/mol. The molecule has 1 heterocycles. The number of carbonyl (C=O) groups is 1. The van der Waals surface area contributed by atoms with E-state index in [2.05, 4.69) is 84.3 Å². The number of fused-ring (bicyclic) bond motifs is 2. The predicted octanol–water partition coefficient (Wildman–Crippen LogP) is 6.55. The first-order valence-electron chi connectivity index (χ1n) is 13.8. The van der Waals surface area contributed by atoms with Gasteiger partial charge in [0.2, 0.25) is 5.91 Å². The van der Waals surface area contributed by atoms with Gasteiger partial charge in [-0.15, -0.1) is 0 Å². The lowest BCUT2D eigenvalue weighted by Gasteiger charge is -2.28. The molecule has 0 saturated carbocycles. The lowest BCUT2D eigenvalue weighted by molar-refractivity contribution is -0.122. The molecule has 2 unspecified atom stereocenters. The Morgan fingerprint density at radius 1 is 0.927 bits per heavy atom. The van der Waals surface area contributed by atoms with Crippen LogP contribution >= 0.6 is 0 Å². The second kappa shape index (κ2) is 14.1. The van der Waals surface area contributed by atoms with Crippen molar-refractivity contribution in [1.29, 1.82) is 0 Å². The van der Waals surface area contributed by atoms with Crippen molar-refractivity contribution < 1.29 is 17.9 Å². The van der Waals surface area contributed by atoms with E-state index in [1.165, 1.54) is 10.8 Å². The molecule has 0 bridgehead atoms. The van der Waals surface area contributed by atoms with Gasteiger partial charge in [-0.2, -0.15) is 12.8 Å². The number of rotatable bonds is 7. The maximum Gasteiger partial charge on any atom is 0.311 e. The Morgan fingerprint density at radius 2 is 1.54 bits per heavy atom. The SMILES string of the molecule is CC(C)(C)NCc1ccc2c(c1)OCCC2NC(=O)CC(N=S(=O)=O)c1ccccc1.c1ccc2ccccc2c1. The van der Waals surface area contributed by atoms with Crippen molar-refractivity contribution in [2.45, 2.75) is 57.8 Å². The average Bonchev–Trinajstić information content (AvgIpc) is 2.96. The summed E-state index contributed by atoms with van der Waals surface area (Å²) >= 11 is 0. The molecular formula is C33H37N3O4S. The Hall–Kier alpha value is -4.01.